The maximum atomic E-state index is 13.1. The number of nitrogens with one attached hydrogen (secondary N) is 1. The van der Waals surface area contributed by atoms with Crippen LogP contribution in [-0.4, -0.2) is 41.3 Å². The Hall–Kier alpha value is -2.43. The summed E-state index contributed by atoms with van der Waals surface area (Å²) in [5, 5.41) is 3.42. The molecule has 0 saturated heterocycles. The van der Waals surface area contributed by atoms with E-state index in [4.69, 9.17) is 0 Å². The maximum Gasteiger partial charge on any atom is 0.255 e. The molecular weight excluding hydrogens is 314 g/mol. The molecule has 0 unspecified atom stereocenters. The van der Waals surface area contributed by atoms with Crippen LogP contribution in [0.15, 0.2) is 24.3 Å². The number of nitrogens with zero attached hydrogens (tertiary/aromatic N) is 2. The fourth-order valence-corrected chi connectivity index (χ4v) is 2.59. The number of amides is 2. The fraction of sp³-hybridized carbons (Fsp3) is 0.450. The summed E-state index contributed by atoms with van der Waals surface area (Å²) in [6.07, 6.45) is 0. The van der Waals surface area contributed by atoms with E-state index in [-0.39, 0.29) is 11.8 Å². The molecule has 0 spiro atoms. The summed E-state index contributed by atoms with van der Waals surface area (Å²) in [5.74, 6) is -0.390. The number of hydrogen-bond donors (Lipinski definition) is 1. The normalized spacial score (nSPS) is 10.7. The highest BCUT2D eigenvalue weighted by Gasteiger charge is 2.36. The summed E-state index contributed by atoms with van der Waals surface area (Å²) in [4.78, 5) is 31.3. The van der Waals surface area contributed by atoms with Gasteiger partial charge in [0.25, 0.3) is 5.91 Å². The highest BCUT2D eigenvalue weighted by Crippen LogP contribution is 2.26. The van der Waals surface area contributed by atoms with Gasteiger partial charge in [-0.25, -0.2) is 0 Å². The number of fused-ring (bicyclic) bond motifs is 1. The van der Waals surface area contributed by atoms with Crippen molar-refractivity contribution in [3.05, 3.63) is 41.1 Å². The Kier molecular flexibility index (Phi) is 6.68. The number of para-hydroxylation sites is 1. The van der Waals surface area contributed by atoms with Crippen LogP contribution in [0.4, 0.5) is 0 Å². The zero-order valence-electron chi connectivity index (χ0n) is 16.5. The lowest BCUT2D eigenvalue weighted by Crippen LogP contribution is -2.54. The van der Waals surface area contributed by atoms with Crippen molar-refractivity contribution in [2.24, 2.45) is 0 Å². The number of pyridine rings is 1. The van der Waals surface area contributed by atoms with Crippen LogP contribution in [0.5, 0.6) is 0 Å². The summed E-state index contributed by atoms with van der Waals surface area (Å²) in [6.45, 7) is 11.2. The van der Waals surface area contributed by atoms with Crippen molar-refractivity contribution in [2.45, 2.75) is 47.1 Å². The number of carbonyl (C=O) groups is 2. The monoisotopic (exact) mass is 343 g/mol. The van der Waals surface area contributed by atoms with Gasteiger partial charge in [-0.15, -0.1) is 0 Å². The molecule has 0 aliphatic rings. The average molecular weight is 343 g/mol. The molecule has 25 heavy (non-hydrogen) atoms. The van der Waals surface area contributed by atoms with Gasteiger partial charge in [0.15, 0.2) is 0 Å². The molecule has 1 aromatic heterocycles. The molecule has 0 atom stereocenters. The summed E-state index contributed by atoms with van der Waals surface area (Å²) in [7, 11) is 3.22. The van der Waals surface area contributed by atoms with Crippen LogP contribution in [0.1, 0.15) is 49.3 Å². The van der Waals surface area contributed by atoms with E-state index in [9.17, 15) is 9.59 Å². The van der Waals surface area contributed by atoms with Gasteiger partial charge in [0.2, 0.25) is 5.91 Å². The molecule has 0 fully saturated rings. The van der Waals surface area contributed by atoms with E-state index in [2.05, 4.69) is 10.3 Å². The van der Waals surface area contributed by atoms with E-state index in [0.717, 1.165) is 22.2 Å². The van der Waals surface area contributed by atoms with Gasteiger partial charge in [-0.3, -0.25) is 14.6 Å². The van der Waals surface area contributed by atoms with Crippen molar-refractivity contribution in [2.75, 3.05) is 14.1 Å². The van der Waals surface area contributed by atoms with Gasteiger partial charge in [-0.05, 0) is 39.3 Å². The topological polar surface area (TPSA) is 62.3 Å². The minimum Gasteiger partial charge on any atom is -0.357 e. The van der Waals surface area contributed by atoms with Crippen molar-refractivity contribution >= 4 is 22.7 Å². The SMILES string of the molecule is CC.CNC(=O)C(C)(C)N(C)C(=O)c1c(C)c(C)nc2ccccc12. The molecule has 0 saturated carbocycles. The standard InChI is InChI=1S/C18H23N3O2.C2H6/c1-11-12(2)20-14-10-8-7-9-13(14)15(11)16(22)21(6)18(3,4)17(23)19-5;1-2/h7-10H,1-6H3,(H,19,23);1-2H3. The predicted octanol–water partition coefficient (Wildman–Crippen LogP) is 3.47. The van der Waals surface area contributed by atoms with Crippen LogP contribution >= 0.6 is 0 Å². The van der Waals surface area contributed by atoms with Crippen molar-refractivity contribution in [3.63, 3.8) is 0 Å². The molecule has 2 rings (SSSR count). The number of carbonyl (C=O) groups excluding carboxylic acids is 2. The van der Waals surface area contributed by atoms with Crippen LogP contribution < -0.4 is 5.32 Å². The molecule has 136 valence electrons. The highest BCUT2D eigenvalue weighted by atomic mass is 16.2. The van der Waals surface area contributed by atoms with Gasteiger partial charge in [0, 0.05) is 25.2 Å². The molecule has 1 N–H and O–H groups in total. The molecule has 1 heterocycles. The smallest absolute Gasteiger partial charge is 0.255 e. The largest absolute Gasteiger partial charge is 0.357 e. The molecule has 0 bridgehead atoms. The average Bonchev–Trinajstić information content (AvgIpc) is 2.62. The molecule has 2 amide bonds. The van der Waals surface area contributed by atoms with Gasteiger partial charge < -0.3 is 10.2 Å². The summed E-state index contributed by atoms with van der Waals surface area (Å²) in [6, 6.07) is 7.57. The first-order chi connectivity index (χ1) is 11.7. The third-order valence-electron chi connectivity index (χ3n) is 4.52. The Morgan fingerprint density at radius 3 is 2.24 bits per heavy atom. The van der Waals surface area contributed by atoms with Crippen LogP contribution in [0.25, 0.3) is 10.9 Å². The van der Waals surface area contributed by atoms with E-state index in [1.165, 1.54) is 4.90 Å². The number of hydrogen-bond acceptors (Lipinski definition) is 3. The van der Waals surface area contributed by atoms with E-state index in [1.54, 1.807) is 27.9 Å². The fourth-order valence-electron chi connectivity index (χ4n) is 2.59. The third-order valence-corrected chi connectivity index (χ3v) is 4.52. The second-order valence-corrected chi connectivity index (χ2v) is 6.22. The van der Waals surface area contributed by atoms with Crippen LogP contribution in [0.3, 0.4) is 0 Å². The minimum atomic E-state index is -0.948. The molecule has 0 radical (unpaired) electrons. The lowest BCUT2D eigenvalue weighted by molar-refractivity contribution is -0.129. The molecule has 5 nitrogen and oxygen atoms in total. The third kappa shape index (κ3) is 3.81. The van der Waals surface area contributed by atoms with Crippen molar-refractivity contribution in [1.29, 1.82) is 0 Å². The quantitative estimate of drug-likeness (QED) is 0.928. The summed E-state index contributed by atoms with van der Waals surface area (Å²) in [5.41, 5.74) is 2.10. The Morgan fingerprint density at radius 1 is 1.12 bits per heavy atom. The van der Waals surface area contributed by atoms with Gasteiger partial charge in [-0.1, -0.05) is 32.0 Å². The van der Waals surface area contributed by atoms with Gasteiger partial charge in [-0.2, -0.15) is 0 Å². The minimum absolute atomic E-state index is 0.183. The molecule has 0 aliphatic heterocycles. The van der Waals surface area contributed by atoms with E-state index >= 15 is 0 Å². The van der Waals surface area contributed by atoms with Crippen LogP contribution in [-0.2, 0) is 4.79 Å². The number of likely N-dealkylation sites (N-methyl/N-ethyl adjacent to an activating group) is 2. The number of aromatic nitrogens is 1. The Morgan fingerprint density at radius 2 is 1.68 bits per heavy atom. The van der Waals surface area contributed by atoms with Crippen molar-refractivity contribution in [1.82, 2.24) is 15.2 Å². The number of benzene rings is 1. The van der Waals surface area contributed by atoms with Gasteiger partial charge >= 0.3 is 0 Å². The van der Waals surface area contributed by atoms with Gasteiger partial charge in [0.05, 0.1) is 11.1 Å². The Balaban J connectivity index is 0.00000151. The van der Waals surface area contributed by atoms with Gasteiger partial charge in [0.1, 0.15) is 5.54 Å². The molecule has 1 aromatic carbocycles. The summed E-state index contributed by atoms with van der Waals surface area (Å²) < 4.78 is 0. The zero-order valence-corrected chi connectivity index (χ0v) is 16.5. The molecule has 0 aliphatic carbocycles. The second kappa shape index (κ2) is 8.10. The first-order valence-electron chi connectivity index (χ1n) is 8.58. The molecule has 2 aromatic rings. The van der Waals surface area contributed by atoms with Crippen LogP contribution in [0.2, 0.25) is 0 Å². The molecule has 5 heteroatoms. The van der Waals surface area contributed by atoms with E-state index < -0.39 is 5.54 Å². The van der Waals surface area contributed by atoms with E-state index in [0.29, 0.717) is 5.56 Å². The van der Waals surface area contributed by atoms with Crippen LogP contribution in [0, 0.1) is 13.8 Å². The first kappa shape index (κ1) is 20.6. The lowest BCUT2D eigenvalue weighted by atomic mass is 9.96. The Bertz CT molecular complexity index is 782. The summed E-state index contributed by atoms with van der Waals surface area (Å²) >= 11 is 0. The van der Waals surface area contributed by atoms with E-state index in [1.807, 2.05) is 52.0 Å². The maximum absolute atomic E-state index is 13.1. The Labute approximate surface area is 150 Å². The zero-order chi connectivity index (χ0) is 19.4. The molecular formula is C20H29N3O2. The van der Waals surface area contributed by atoms with Crippen molar-refractivity contribution in [3.8, 4) is 0 Å². The van der Waals surface area contributed by atoms with Crippen molar-refractivity contribution < 1.29 is 9.59 Å². The lowest BCUT2D eigenvalue weighted by Gasteiger charge is -2.34. The predicted molar refractivity (Wildman–Crippen MR) is 103 cm³/mol. The number of aryl methyl sites for hydroxylation is 1. The number of rotatable bonds is 3. The second-order valence-electron chi connectivity index (χ2n) is 6.22. The highest BCUT2D eigenvalue weighted by molar-refractivity contribution is 6.09. The first-order valence-corrected chi connectivity index (χ1v) is 8.58.